The summed E-state index contributed by atoms with van der Waals surface area (Å²) in [6, 6.07) is 14.4. The van der Waals surface area contributed by atoms with E-state index in [-0.39, 0.29) is 25.2 Å². The second kappa shape index (κ2) is 9.17. The van der Waals surface area contributed by atoms with Crippen molar-refractivity contribution >= 4 is 28.9 Å². The Kier molecular flexibility index (Phi) is 6.65. The number of rotatable bonds is 8. The van der Waals surface area contributed by atoms with Gasteiger partial charge in [0.2, 0.25) is 5.91 Å². The van der Waals surface area contributed by atoms with Gasteiger partial charge in [-0.3, -0.25) is 9.59 Å². The summed E-state index contributed by atoms with van der Waals surface area (Å²) < 4.78 is 5.27. The number of carboxylic acid groups (broad SMARTS) is 1. The normalized spacial score (nSPS) is 10.6. The van der Waals surface area contributed by atoms with Crippen LogP contribution in [-0.4, -0.2) is 24.1 Å². The smallest absolute Gasteiger partial charge is 0.303 e. The molecule has 0 saturated carbocycles. The van der Waals surface area contributed by atoms with Crippen LogP contribution in [0.15, 0.2) is 58.8 Å². The number of carbonyl (C=O) groups excluding carboxylic acids is 1. The van der Waals surface area contributed by atoms with Crippen LogP contribution in [0.2, 0.25) is 0 Å². The lowest BCUT2D eigenvalue weighted by Crippen LogP contribution is -2.12. The van der Waals surface area contributed by atoms with Gasteiger partial charge < -0.3 is 15.2 Å². The predicted molar refractivity (Wildman–Crippen MR) is 93.7 cm³/mol. The number of hydrogen-bond acceptors (Lipinski definition) is 5. The van der Waals surface area contributed by atoms with Crippen LogP contribution < -0.4 is 10.1 Å². The van der Waals surface area contributed by atoms with E-state index in [9.17, 15) is 9.59 Å². The number of amides is 1. The topological polar surface area (TPSA) is 100 Å². The van der Waals surface area contributed by atoms with Crippen molar-refractivity contribution in [2.45, 2.75) is 19.3 Å². The number of benzene rings is 2. The van der Waals surface area contributed by atoms with E-state index < -0.39 is 5.97 Å². The maximum absolute atomic E-state index is 11.9. The van der Waals surface area contributed by atoms with Gasteiger partial charge in [0.05, 0.1) is 24.2 Å². The largest absolute Gasteiger partial charge is 0.494 e. The summed E-state index contributed by atoms with van der Waals surface area (Å²) in [7, 11) is 1.49. The van der Waals surface area contributed by atoms with E-state index in [1.54, 1.807) is 18.2 Å². The van der Waals surface area contributed by atoms with Crippen molar-refractivity contribution in [1.29, 1.82) is 0 Å². The van der Waals surface area contributed by atoms with Crippen LogP contribution in [0, 0.1) is 0 Å². The summed E-state index contributed by atoms with van der Waals surface area (Å²) >= 11 is 0. The molecule has 0 aliphatic carbocycles. The molecule has 0 bridgehead atoms. The van der Waals surface area contributed by atoms with Crippen molar-refractivity contribution in [3.05, 3.63) is 48.5 Å². The third-order valence-corrected chi connectivity index (χ3v) is 3.29. The monoisotopic (exact) mass is 341 g/mol. The summed E-state index contributed by atoms with van der Waals surface area (Å²) in [5, 5.41) is 19.6. The third kappa shape index (κ3) is 6.06. The highest BCUT2D eigenvalue weighted by Crippen LogP contribution is 2.30. The Balaban J connectivity index is 2.02. The Labute approximate surface area is 145 Å². The number of hydrogen-bond donors (Lipinski definition) is 2. The molecule has 0 atom stereocenters. The number of carbonyl (C=O) groups is 2. The zero-order chi connectivity index (χ0) is 18.1. The molecule has 2 N–H and O–H groups in total. The molecule has 0 spiro atoms. The minimum absolute atomic E-state index is 0.0383. The van der Waals surface area contributed by atoms with Crippen LogP contribution in [0.4, 0.5) is 17.1 Å². The van der Waals surface area contributed by atoms with Crippen molar-refractivity contribution in [3.63, 3.8) is 0 Å². The maximum atomic E-state index is 11.9. The fraction of sp³-hybridized carbons (Fsp3) is 0.222. The first-order chi connectivity index (χ1) is 12.1. The van der Waals surface area contributed by atoms with E-state index in [0.29, 0.717) is 17.1 Å². The number of azo groups is 1. The summed E-state index contributed by atoms with van der Waals surface area (Å²) in [5.41, 5.74) is 1.82. The van der Waals surface area contributed by atoms with Gasteiger partial charge in [0.1, 0.15) is 5.75 Å². The zero-order valence-electron chi connectivity index (χ0n) is 13.8. The molecular weight excluding hydrogens is 322 g/mol. The van der Waals surface area contributed by atoms with Crippen molar-refractivity contribution < 1.29 is 19.4 Å². The molecule has 0 fully saturated rings. The van der Waals surface area contributed by atoms with Crippen LogP contribution in [0.5, 0.6) is 5.75 Å². The van der Waals surface area contributed by atoms with Gasteiger partial charge in [-0.2, -0.15) is 10.2 Å². The van der Waals surface area contributed by atoms with Crippen LogP contribution >= 0.6 is 0 Å². The minimum Gasteiger partial charge on any atom is -0.494 e. The lowest BCUT2D eigenvalue weighted by molar-refractivity contribution is -0.137. The van der Waals surface area contributed by atoms with Crippen LogP contribution in [0.1, 0.15) is 19.3 Å². The molecule has 25 heavy (non-hydrogen) atoms. The van der Waals surface area contributed by atoms with E-state index >= 15 is 0 Å². The SMILES string of the molecule is COc1cc(N=Nc2ccccc2)ccc1NC(=O)CCCC(=O)O. The molecule has 1 amide bonds. The first-order valence-corrected chi connectivity index (χ1v) is 7.75. The quantitative estimate of drug-likeness (QED) is 0.699. The average molecular weight is 341 g/mol. The lowest BCUT2D eigenvalue weighted by atomic mass is 10.2. The van der Waals surface area contributed by atoms with Gasteiger partial charge in [-0.1, -0.05) is 18.2 Å². The van der Waals surface area contributed by atoms with E-state index in [1.165, 1.54) is 7.11 Å². The highest BCUT2D eigenvalue weighted by Gasteiger charge is 2.09. The highest BCUT2D eigenvalue weighted by atomic mass is 16.5. The lowest BCUT2D eigenvalue weighted by Gasteiger charge is -2.10. The zero-order valence-corrected chi connectivity index (χ0v) is 13.8. The Morgan fingerprint density at radius 2 is 1.76 bits per heavy atom. The number of carboxylic acids is 1. The summed E-state index contributed by atoms with van der Waals surface area (Å²) in [6.45, 7) is 0. The Morgan fingerprint density at radius 3 is 2.44 bits per heavy atom. The second-order valence-electron chi connectivity index (χ2n) is 5.22. The molecule has 0 unspecified atom stereocenters. The van der Waals surface area contributed by atoms with Gasteiger partial charge in [-0.05, 0) is 30.7 Å². The van der Waals surface area contributed by atoms with Gasteiger partial charge in [0.15, 0.2) is 0 Å². The summed E-state index contributed by atoms with van der Waals surface area (Å²) in [4.78, 5) is 22.3. The molecule has 2 rings (SSSR count). The van der Waals surface area contributed by atoms with Crippen molar-refractivity contribution in [2.75, 3.05) is 12.4 Å². The van der Waals surface area contributed by atoms with Crippen LogP contribution in [0.3, 0.4) is 0 Å². The molecule has 2 aromatic rings. The van der Waals surface area contributed by atoms with Crippen LogP contribution in [-0.2, 0) is 9.59 Å². The van der Waals surface area contributed by atoms with Gasteiger partial charge in [0, 0.05) is 18.9 Å². The number of ether oxygens (including phenoxy) is 1. The highest BCUT2D eigenvalue weighted by molar-refractivity contribution is 5.92. The third-order valence-electron chi connectivity index (χ3n) is 3.29. The Hall–Kier alpha value is -3.22. The average Bonchev–Trinajstić information content (AvgIpc) is 2.61. The fourth-order valence-corrected chi connectivity index (χ4v) is 2.07. The van der Waals surface area contributed by atoms with Crippen molar-refractivity contribution in [3.8, 4) is 5.75 Å². The van der Waals surface area contributed by atoms with Gasteiger partial charge in [0.25, 0.3) is 0 Å². The molecule has 0 heterocycles. The Bertz CT molecular complexity index is 760. The molecule has 7 heteroatoms. The molecule has 2 aromatic carbocycles. The minimum atomic E-state index is -0.918. The number of nitrogens with one attached hydrogen (secondary N) is 1. The molecule has 130 valence electrons. The number of aliphatic carboxylic acids is 1. The van der Waals surface area contributed by atoms with Gasteiger partial charge in [-0.15, -0.1) is 0 Å². The summed E-state index contributed by atoms with van der Waals surface area (Å²) in [5.74, 6) is -0.729. The van der Waals surface area contributed by atoms with E-state index in [2.05, 4.69) is 15.5 Å². The molecule has 0 aliphatic heterocycles. The molecule has 0 aromatic heterocycles. The first kappa shape index (κ1) is 18.1. The molecule has 0 radical (unpaired) electrons. The van der Waals surface area contributed by atoms with Gasteiger partial charge in [-0.25, -0.2) is 0 Å². The molecule has 0 aliphatic rings. The first-order valence-electron chi connectivity index (χ1n) is 7.75. The number of nitrogens with zero attached hydrogens (tertiary/aromatic N) is 2. The number of methoxy groups -OCH3 is 1. The second-order valence-corrected chi connectivity index (χ2v) is 5.22. The molecular formula is C18H19N3O4. The van der Waals surface area contributed by atoms with Crippen molar-refractivity contribution in [2.24, 2.45) is 10.2 Å². The molecule has 7 nitrogen and oxygen atoms in total. The predicted octanol–water partition coefficient (Wildman–Crippen LogP) is 4.30. The summed E-state index contributed by atoms with van der Waals surface area (Å²) in [6.07, 6.45) is 0.376. The standard InChI is InChI=1S/C18H19N3O4/c1-25-16-12-14(21-20-13-6-3-2-4-7-13)10-11-15(16)19-17(22)8-5-9-18(23)24/h2-4,6-7,10-12H,5,8-9H2,1H3,(H,19,22)(H,23,24). The van der Waals surface area contributed by atoms with E-state index in [1.807, 2.05) is 30.3 Å². The van der Waals surface area contributed by atoms with E-state index in [0.717, 1.165) is 5.69 Å². The maximum Gasteiger partial charge on any atom is 0.303 e. The van der Waals surface area contributed by atoms with Crippen molar-refractivity contribution in [1.82, 2.24) is 0 Å². The Morgan fingerprint density at radius 1 is 1.04 bits per heavy atom. The number of anilines is 1. The van der Waals surface area contributed by atoms with E-state index in [4.69, 9.17) is 9.84 Å². The fourth-order valence-electron chi connectivity index (χ4n) is 2.07. The van der Waals surface area contributed by atoms with Crippen LogP contribution in [0.25, 0.3) is 0 Å². The molecule has 0 saturated heterocycles. The van der Waals surface area contributed by atoms with Gasteiger partial charge >= 0.3 is 5.97 Å².